The lowest BCUT2D eigenvalue weighted by atomic mass is 9.93. The molecule has 2 heterocycles. The molecule has 2 aliphatic rings. The van der Waals surface area contributed by atoms with Crippen LogP contribution in [0.4, 0.5) is 5.69 Å². The van der Waals surface area contributed by atoms with Crippen LogP contribution < -0.4 is 10.0 Å². The van der Waals surface area contributed by atoms with E-state index in [0.29, 0.717) is 16.8 Å². The third-order valence-electron chi connectivity index (χ3n) is 6.68. The first-order valence-electron chi connectivity index (χ1n) is 11.9. The number of aryl methyl sites for hydroxylation is 1. The minimum atomic E-state index is -3.71. The summed E-state index contributed by atoms with van der Waals surface area (Å²) in [5.74, 6) is 0. The standard InChI is InChI=1S/C28H29ClN4O2S/c1-19-24(13-15-30-18-20-14-16-33(2)28-6-4-3-5-25(20)28)26-17-22(9-12-27(26)31-19)32-36(34,35)23-10-7-21(29)8-11-23/h3-12,14,16-17,28,30-32H,13,15,18H2,1-2H3. The van der Waals surface area contributed by atoms with E-state index in [0.717, 1.165) is 36.1 Å². The van der Waals surface area contributed by atoms with Gasteiger partial charge in [0, 0.05) is 40.9 Å². The second-order valence-corrected chi connectivity index (χ2v) is 11.2. The highest BCUT2D eigenvalue weighted by Crippen LogP contribution is 2.28. The number of H-pyrrole nitrogens is 1. The van der Waals surface area contributed by atoms with E-state index < -0.39 is 10.0 Å². The number of benzene rings is 2. The Hall–Kier alpha value is -3.26. The molecule has 3 N–H and O–H groups in total. The number of sulfonamides is 1. The number of likely N-dealkylation sites (N-methyl/N-ethyl adjacent to an activating group) is 1. The maximum Gasteiger partial charge on any atom is 0.261 e. The molecule has 3 aromatic rings. The largest absolute Gasteiger partial charge is 0.370 e. The van der Waals surface area contributed by atoms with Crippen LogP contribution >= 0.6 is 11.6 Å². The molecule has 6 nitrogen and oxygen atoms in total. The Bertz CT molecular complexity index is 1510. The highest BCUT2D eigenvalue weighted by molar-refractivity contribution is 7.92. The Kier molecular flexibility index (Phi) is 6.79. The van der Waals surface area contributed by atoms with Crippen molar-refractivity contribution in [3.05, 3.63) is 106 Å². The average molecular weight is 521 g/mol. The van der Waals surface area contributed by atoms with E-state index in [1.54, 1.807) is 18.2 Å². The van der Waals surface area contributed by atoms with Gasteiger partial charge in [0.25, 0.3) is 10.0 Å². The van der Waals surface area contributed by atoms with E-state index in [1.807, 2.05) is 12.1 Å². The van der Waals surface area contributed by atoms with E-state index in [-0.39, 0.29) is 4.90 Å². The van der Waals surface area contributed by atoms with Crippen molar-refractivity contribution in [2.75, 3.05) is 24.9 Å². The number of rotatable bonds is 8. The van der Waals surface area contributed by atoms with Crippen molar-refractivity contribution in [1.29, 1.82) is 0 Å². The highest BCUT2D eigenvalue weighted by Gasteiger charge is 2.21. The van der Waals surface area contributed by atoms with Gasteiger partial charge in [-0.3, -0.25) is 4.72 Å². The zero-order valence-corrected chi connectivity index (χ0v) is 21.8. The first kappa shape index (κ1) is 24.4. The van der Waals surface area contributed by atoms with Gasteiger partial charge < -0.3 is 15.2 Å². The number of hydrogen-bond donors (Lipinski definition) is 3. The van der Waals surface area contributed by atoms with Gasteiger partial charge >= 0.3 is 0 Å². The highest BCUT2D eigenvalue weighted by atomic mass is 35.5. The lowest BCUT2D eigenvalue weighted by Gasteiger charge is -2.32. The van der Waals surface area contributed by atoms with Crippen molar-refractivity contribution in [1.82, 2.24) is 15.2 Å². The zero-order valence-electron chi connectivity index (χ0n) is 20.3. The molecule has 1 aromatic heterocycles. The third-order valence-corrected chi connectivity index (χ3v) is 8.33. The Morgan fingerprint density at radius 2 is 1.89 bits per heavy atom. The minimum absolute atomic E-state index is 0.172. The van der Waals surface area contributed by atoms with Crippen LogP contribution in [0, 0.1) is 6.92 Å². The van der Waals surface area contributed by atoms with Crippen LogP contribution in [0.15, 0.2) is 95.1 Å². The van der Waals surface area contributed by atoms with Gasteiger partial charge in [-0.1, -0.05) is 35.9 Å². The van der Waals surface area contributed by atoms with Crippen molar-refractivity contribution in [3.8, 4) is 0 Å². The molecule has 0 saturated carbocycles. The van der Waals surface area contributed by atoms with Crippen molar-refractivity contribution in [2.45, 2.75) is 24.3 Å². The molecular formula is C28H29ClN4O2S. The van der Waals surface area contributed by atoms with Gasteiger partial charge in [0.05, 0.1) is 10.9 Å². The fraction of sp³-hybridized carbons (Fsp3) is 0.214. The first-order chi connectivity index (χ1) is 17.3. The lowest BCUT2D eigenvalue weighted by Crippen LogP contribution is -2.33. The maximum absolute atomic E-state index is 12.8. The summed E-state index contributed by atoms with van der Waals surface area (Å²) >= 11 is 5.90. The lowest BCUT2D eigenvalue weighted by molar-refractivity contribution is 0.417. The zero-order chi connectivity index (χ0) is 25.3. The van der Waals surface area contributed by atoms with Gasteiger partial charge in [-0.2, -0.15) is 0 Å². The fourth-order valence-electron chi connectivity index (χ4n) is 4.77. The summed E-state index contributed by atoms with van der Waals surface area (Å²) in [6, 6.07) is 12.0. The van der Waals surface area contributed by atoms with E-state index in [4.69, 9.17) is 11.6 Å². The second kappa shape index (κ2) is 10.0. The summed E-state index contributed by atoms with van der Waals surface area (Å²) in [6.07, 6.45) is 13.7. The molecule has 1 aliphatic heterocycles. The molecule has 0 fully saturated rings. The first-order valence-corrected chi connectivity index (χ1v) is 13.8. The molecule has 1 atom stereocenters. The summed E-state index contributed by atoms with van der Waals surface area (Å²) in [5, 5.41) is 5.10. The van der Waals surface area contributed by atoms with Crippen molar-refractivity contribution in [3.63, 3.8) is 0 Å². The van der Waals surface area contributed by atoms with Gasteiger partial charge in [-0.25, -0.2) is 8.42 Å². The molecule has 0 bridgehead atoms. The molecule has 186 valence electrons. The molecule has 5 rings (SSSR count). The number of aromatic amines is 1. The van der Waals surface area contributed by atoms with Crippen LogP contribution in [-0.2, 0) is 16.4 Å². The van der Waals surface area contributed by atoms with Gasteiger partial charge in [-0.15, -0.1) is 0 Å². The third kappa shape index (κ3) is 5.00. The number of fused-ring (bicyclic) bond motifs is 2. The van der Waals surface area contributed by atoms with Gasteiger partial charge in [-0.05, 0) is 91.3 Å². The van der Waals surface area contributed by atoms with Crippen LogP contribution in [0.3, 0.4) is 0 Å². The van der Waals surface area contributed by atoms with E-state index in [1.165, 1.54) is 28.8 Å². The SMILES string of the molecule is Cc1[nH]c2ccc(NS(=O)(=O)c3ccc(Cl)cc3)cc2c1CCNCC1=C2C=CC=CC2N(C)C=C1. The van der Waals surface area contributed by atoms with Gasteiger partial charge in [0.1, 0.15) is 0 Å². The summed E-state index contributed by atoms with van der Waals surface area (Å²) in [5.41, 5.74) is 6.41. The summed E-state index contributed by atoms with van der Waals surface area (Å²) in [4.78, 5) is 5.81. The molecule has 2 aromatic carbocycles. The van der Waals surface area contributed by atoms with Crippen molar-refractivity contribution in [2.24, 2.45) is 0 Å². The summed E-state index contributed by atoms with van der Waals surface area (Å²) < 4.78 is 28.3. The molecule has 0 radical (unpaired) electrons. The smallest absolute Gasteiger partial charge is 0.261 e. The van der Waals surface area contributed by atoms with Crippen LogP contribution in [-0.4, -0.2) is 44.5 Å². The number of nitrogens with one attached hydrogen (secondary N) is 3. The Labute approximate surface area is 217 Å². The number of nitrogens with zero attached hydrogens (tertiary/aromatic N) is 1. The van der Waals surface area contributed by atoms with Crippen molar-refractivity contribution < 1.29 is 8.42 Å². The van der Waals surface area contributed by atoms with Gasteiger partial charge in [0.2, 0.25) is 0 Å². The Morgan fingerprint density at radius 1 is 1.08 bits per heavy atom. The predicted molar refractivity (Wildman–Crippen MR) is 148 cm³/mol. The minimum Gasteiger partial charge on any atom is -0.370 e. The predicted octanol–water partition coefficient (Wildman–Crippen LogP) is 5.31. The average Bonchev–Trinajstić information content (AvgIpc) is 3.17. The van der Waals surface area contributed by atoms with Crippen LogP contribution in [0.1, 0.15) is 11.3 Å². The topological polar surface area (TPSA) is 77.2 Å². The summed E-state index contributed by atoms with van der Waals surface area (Å²) in [6.45, 7) is 3.65. The number of aromatic nitrogens is 1. The Morgan fingerprint density at radius 3 is 2.69 bits per heavy atom. The quantitative estimate of drug-likeness (QED) is 0.352. The summed E-state index contributed by atoms with van der Waals surface area (Å²) in [7, 11) is -1.61. The van der Waals surface area contributed by atoms with E-state index in [9.17, 15) is 8.42 Å². The monoisotopic (exact) mass is 520 g/mol. The maximum atomic E-state index is 12.8. The number of hydrogen-bond acceptors (Lipinski definition) is 4. The number of halogens is 1. The molecule has 0 spiro atoms. The molecule has 36 heavy (non-hydrogen) atoms. The van der Waals surface area contributed by atoms with Crippen LogP contribution in [0.5, 0.6) is 0 Å². The molecule has 8 heteroatoms. The molecule has 1 unspecified atom stereocenters. The number of anilines is 1. The molecule has 1 aliphatic carbocycles. The van der Waals surface area contributed by atoms with Gasteiger partial charge in [0.15, 0.2) is 0 Å². The van der Waals surface area contributed by atoms with Crippen molar-refractivity contribution >= 4 is 38.2 Å². The Balaban J connectivity index is 1.28. The fourth-order valence-corrected chi connectivity index (χ4v) is 5.95. The van der Waals surface area contributed by atoms with E-state index in [2.05, 4.69) is 70.5 Å². The molecule has 0 amide bonds. The molecular weight excluding hydrogens is 492 g/mol. The number of allylic oxidation sites excluding steroid dienone is 2. The van der Waals surface area contributed by atoms with E-state index >= 15 is 0 Å². The van der Waals surface area contributed by atoms with Crippen LogP contribution in [0.2, 0.25) is 5.02 Å². The molecule has 0 saturated heterocycles. The van der Waals surface area contributed by atoms with Crippen LogP contribution in [0.25, 0.3) is 10.9 Å². The normalized spacial score (nSPS) is 17.2. The second-order valence-electron chi connectivity index (χ2n) is 9.13.